The Labute approximate surface area is 132 Å². The first-order valence-electron chi connectivity index (χ1n) is 6.01. The second-order valence-electron chi connectivity index (χ2n) is 4.29. The number of pyridine rings is 1. The number of imidazole rings is 1. The standard InChI is InChI=1S/C13H10BrN3O3S/c14-9-3-10-12(15-4-9)17(5-8-1-2-20-6-8)13(16-10)21-7-11(18)19/h1-4,6H,5,7H2,(H,18,19). The Balaban J connectivity index is 2.03. The van der Waals surface area contributed by atoms with E-state index >= 15 is 0 Å². The van der Waals surface area contributed by atoms with Gasteiger partial charge in [-0.25, -0.2) is 9.97 Å². The number of hydrogen-bond acceptors (Lipinski definition) is 5. The van der Waals surface area contributed by atoms with Crippen LogP contribution in [0, 0.1) is 0 Å². The minimum atomic E-state index is -0.879. The fourth-order valence-electron chi connectivity index (χ4n) is 1.91. The topological polar surface area (TPSA) is 81.1 Å². The summed E-state index contributed by atoms with van der Waals surface area (Å²) in [6, 6.07) is 3.72. The molecule has 3 heterocycles. The van der Waals surface area contributed by atoms with Gasteiger partial charge in [0, 0.05) is 16.2 Å². The van der Waals surface area contributed by atoms with Crippen LogP contribution in [-0.4, -0.2) is 31.4 Å². The van der Waals surface area contributed by atoms with Crippen LogP contribution < -0.4 is 0 Å². The summed E-state index contributed by atoms with van der Waals surface area (Å²) in [7, 11) is 0. The van der Waals surface area contributed by atoms with Crippen molar-refractivity contribution in [1.82, 2.24) is 14.5 Å². The van der Waals surface area contributed by atoms with Crippen molar-refractivity contribution in [1.29, 1.82) is 0 Å². The Morgan fingerprint density at radius 1 is 1.52 bits per heavy atom. The van der Waals surface area contributed by atoms with Crippen molar-refractivity contribution < 1.29 is 14.3 Å². The van der Waals surface area contributed by atoms with Gasteiger partial charge in [-0.05, 0) is 28.1 Å². The van der Waals surface area contributed by atoms with Crippen LogP contribution in [0.4, 0.5) is 0 Å². The van der Waals surface area contributed by atoms with Crippen molar-refractivity contribution in [3.05, 3.63) is 40.9 Å². The van der Waals surface area contributed by atoms with E-state index in [1.54, 1.807) is 18.7 Å². The summed E-state index contributed by atoms with van der Waals surface area (Å²) in [6.07, 6.45) is 4.94. The first kappa shape index (κ1) is 14.2. The average Bonchev–Trinajstić information content (AvgIpc) is 3.05. The predicted octanol–water partition coefficient (Wildman–Crippen LogP) is 3.01. The number of rotatable bonds is 5. The number of furan rings is 1. The van der Waals surface area contributed by atoms with Gasteiger partial charge in [-0.15, -0.1) is 0 Å². The van der Waals surface area contributed by atoms with Crippen LogP contribution in [-0.2, 0) is 11.3 Å². The minimum absolute atomic E-state index is 0.0458. The van der Waals surface area contributed by atoms with Gasteiger partial charge in [-0.3, -0.25) is 9.36 Å². The number of carboxylic acids is 1. The average molecular weight is 368 g/mol. The van der Waals surface area contributed by atoms with Gasteiger partial charge >= 0.3 is 5.97 Å². The maximum Gasteiger partial charge on any atom is 0.313 e. The molecule has 0 unspecified atom stereocenters. The fourth-order valence-corrected chi connectivity index (χ4v) is 2.95. The largest absolute Gasteiger partial charge is 0.481 e. The van der Waals surface area contributed by atoms with Crippen LogP contribution in [0.3, 0.4) is 0 Å². The SMILES string of the molecule is O=C(O)CSc1nc2cc(Br)cnc2n1Cc1ccoc1. The molecule has 0 radical (unpaired) electrons. The van der Waals surface area contributed by atoms with E-state index in [0.29, 0.717) is 17.3 Å². The highest BCUT2D eigenvalue weighted by Crippen LogP contribution is 2.25. The summed E-state index contributed by atoms with van der Waals surface area (Å²) in [5.74, 6) is -0.924. The molecular weight excluding hydrogens is 358 g/mol. The highest BCUT2D eigenvalue weighted by atomic mass is 79.9. The predicted molar refractivity (Wildman–Crippen MR) is 81.4 cm³/mol. The smallest absolute Gasteiger partial charge is 0.313 e. The van der Waals surface area contributed by atoms with Crippen LogP contribution in [0.15, 0.2) is 44.9 Å². The molecule has 0 aromatic carbocycles. The first-order valence-corrected chi connectivity index (χ1v) is 7.79. The van der Waals surface area contributed by atoms with Crippen LogP contribution in [0.2, 0.25) is 0 Å². The van der Waals surface area contributed by atoms with Gasteiger partial charge in [0.25, 0.3) is 0 Å². The maximum absolute atomic E-state index is 10.8. The summed E-state index contributed by atoms with van der Waals surface area (Å²) < 4.78 is 7.79. The third kappa shape index (κ3) is 3.11. The second kappa shape index (κ2) is 5.90. The molecule has 6 nitrogen and oxygen atoms in total. The van der Waals surface area contributed by atoms with Crippen molar-refractivity contribution in [3.63, 3.8) is 0 Å². The molecule has 108 valence electrons. The number of fused-ring (bicyclic) bond motifs is 1. The molecule has 0 aliphatic carbocycles. The van der Waals surface area contributed by atoms with Crippen molar-refractivity contribution in [3.8, 4) is 0 Å². The molecule has 0 bridgehead atoms. The van der Waals surface area contributed by atoms with Crippen LogP contribution >= 0.6 is 27.7 Å². The van der Waals surface area contributed by atoms with E-state index in [-0.39, 0.29) is 5.75 Å². The number of thioether (sulfide) groups is 1. The third-order valence-electron chi connectivity index (χ3n) is 2.76. The van der Waals surface area contributed by atoms with Crippen molar-refractivity contribution >= 4 is 44.8 Å². The van der Waals surface area contributed by atoms with E-state index in [1.807, 2.05) is 16.7 Å². The van der Waals surface area contributed by atoms with Gasteiger partial charge in [-0.2, -0.15) is 0 Å². The lowest BCUT2D eigenvalue weighted by Crippen LogP contribution is -2.04. The maximum atomic E-state index is 10.8. The van der Waals surface area contributed by atoms with E-state index in [9.17, 15) is 4.79 Å². The Kier molecular flexibility index (Phi) is 3.98. The van der Waals surface area contributed by atoms with E-state index in [4.69, 9.17) is 9.52 Å². The summed E-state index contributed by atoms with van der Waals surface area (Å²) in [6.45, 7) is 0.531. The van der Waals surface area contributed by atoms with E-state index in [0.717, 1.165) is 15.6 Å². The molecule has 0 aliphatic rings. The number of hydrogen-bond donors (Lipinski definition) is 1. The van der Waals surface area contributed by atoms with Gasteiger partial charge in [0.1, 0.15) is 5.52 Å². The van der Waals surface area contributed by atoms with Crippen molar-refractivity contribution in [2.45, 2.75) is 11.7 Å². The van der Waals surface area contributed by atoms with Gasteiger partial charge in [0.15, 0.2) is 10.8 Å². The third-order valence-corrected chi connectivity index (χ3v) is 4.16. The van der Waals surface area contributed by atoms with E-state index < -0.39 is 5.97 Å². The highest BCUT2D eigenvalue weighted by Gasteiger charge is 2.15. The normalized spacial score (nSPS) is 11.1. The quantitative estimate of drug-likeness (QED) is 0.698. The molecule has 0 spiro atoms. The van der Waals surface area contributed by atoms with E-state index in [1.165, 1.54) is 11.8 Å². The summed E-state index contributed by atoms with van der Waals surface area (Å²) in [4.78, 5) is 19.6. The highest BCUT2D eigenvalue weighted by molar-refractivity contribution is 9.10. The molecule has 0 saturated heterocycles. The van der Waals surface area contributed by atoms with Gasteiger partial charge in [0.2, 0.25) is 0 Å². The number of carboxylic acid groups (broad SMARTS) is 1. The number of carbonyl (C=O) groups is 1. The first-order chi connectivity index (χ1) is 10.1. The molecule has 0 fully saturated rings. The molecule has 8 heteroatoms. The molecule has 3 rings (SSSR count). The lowest BCUT2D eigenvalue weighted by molar-refractivity contribution is -0.133. The van der Waals surface area contributed by atoms with E-state index in [2.05, 4.69) is 25.9 Å². The zero-order chi connectivity index (χ0) is 14.8. The zero-order valence-electron chi connectivity index (χ0n) is 10.7. The van der Waals surface area contributed by atoms with Gasteiger partial charge in [0.05, 0.1) is 24.8 Å². The fraction of sp³-hybridized carbons (Fsp3) is 0.154. The van der Waals surface area contributed by atoms with Gasteiger partial charge < -0.3 is 9.52 Å². The molecule has 0 aliphatic heterocycles. The lowest BCUT2D eigenvalue weighted by atomic mass is 10.3. The number of halogens is 1. The lowest BCUT2D eigenvalue weighted by Gasteiger charge is -2.05. The number of aromatic nitrogens is 3. The molecule has 1 N–H and O–H groups in total. The summed E-state index contributed by atoms with van der Waals surface area (Å²) in [5, 5.41) is 9.47. The Bertz CT molecular complexity index is 785. The molecule has 3 aromatic heterocycles. The molecule has 0 saturated carbocycles. The van der Waals surface area contributed by atoms with Crippen LogP contribution in [0.1, 0.15) is 5.56 Å². The van der Waals surface area contributed by atoms with Gasteiger partial charge in [-0.1, -0.05) is 11.8 Å². The number of aliphatic carboxylic acids is 1. The minimum Gasteiger partial charge on any atom is -0.481 e. The molecule has 21 heavy (non-hydrogen) atoms. The molecule has 0 atom stereocenters. The second-order valence-corrected chi connectivity index (χ2v) is 6.15. The summed E-state index contributed by atoms with van der Waals surface area (Å²) >= 11 is 4.54. The Morgan fingerprint density at radius 3 is 3.10 bits per heavy atom. The number of nitrogens with zero attached hydrogens (tertiary/aromatic N) is 3. The molecular formula is C13H10BrN3O3S. The molecule has 0 amide bonds. The van der Waals surface area contributed by atoms with Crippen LogP contribution in [0.25, 0.3) is 11.2 Å². The monoisotopic (exact) mass is 367 g/mol. The zero-order valence-corrected chi connectivity index (χ0v) is 13.1. The summed E-state index contributed by atoms with van der Waals surface area (Å²) in [5.41, 5.74) is 2.41. The van der Waals surface area contributed by atoms with Crippen molar-refractivity contribution in [2.24, 2.45) is 0 Å². The Hall–Kier alpha value is -1.80. The molecule has 3 aromatic rings. The van der Waals surface area contributed by atoms with Crippen molar-refractivity contribution in [2.75, 3.05) is 5.75 Å². The Morgan fingerprint density at radius 2 is 2.38 bits per heavy atom. The van der Waals surface area contributed by atoms with Crippen LogP contribution in [0.5, 0.6) is 0 Å².